The molecule has 2 rings (SSSR count). The van der Waals surface area contributed by atoms with Crippen LogP contribution in [0.3, 0.4) is 0 Å². The Bertz CT molecular complexity index is 887. The highest BCUT2D eigenvalue weighted by Crippen LogP contribution is 2.31. The van der Waals surface area contributed by atoms with E-state index in [0.29, 0.717) is 0 Å². The highest BCUT2D eigenvalue weighted by Gasteiger charge is 2.49. The van der Waals surface area contributed by atoms with Crippen LogP contribution in [-0.4, -0.2) is 41.5 Å². The van der Waals surface area contributed by atoms with E-state index in [9.17, 15) is 26.4 Å². The predicted octanol–water partition coefficient (Wildman–Crippen LogP) is 1.58. The van der Waals surface area contributed by atoms with Gasteiger partial charge in [-0.2, -0.15) is 26.6 Å². The van der Waals surface area contributed by atoms with Gasteiger partial charge >= 0.3 is 21.6 Å². The number of imidazole rings is 1. The molecule has 0 aliphatic carbocycles. The van der Waals surface area contributed by atoms with Crippen molar-refractivity contribution in [3.63, 3.8) is 0 Å². The minimum Gasteiger partial charge on any atom is -0.482 e. The summed E-state index contributed by atoms with van der Waals surface area (Å²) in [6.07, 6.45) is 0. The van der Waals surface area contributed by atoms with Crippen molar-refractivity contribution in [1.82, 2.24) is 9.38 Å². The summed E-state index contributed by atoms with van der Waals surface area (Å²) in [4.78, 5) is 14.6. The third-order valence-electron chi connectivity index (χ3n) is 2.80. The number of hydrogen-bond acceptors (Lipinski definition) is 6. The molecule has 0 atom stereocenters. The van der Waals surface area contributed by atoms with Crippen LogP contribution in [0, 0.1) is 6.92 Å². The van der Waals surface area contributed by atoms with Gasteiger partial charge in [0.25, 0.3) is 5.88 Å². The van der Waals surface area contributed by atoms with Gasteiger partial charge in [-0.15, -0.1) is 0 Å². The molecule has 0 radical (unpaired) electrons. The molecular weight excluding hydrogens is 345 g/mol. The zero-order valence-electron chi connectivity index (χ0n) is 11.6. The number of alkyl halides is 3. The fraction of sp³-hybridized carbons (Fsp3) is 0.273. The second kappa shape index (κ2) is 5.30. The van der Waals surface area contributed by atoms with Gasteiger partial charge in [0.1, 0.15) is 5.65 Å². The molecule has 126 valence electrons. The van der Waals surface area contributed by atoms with Crippen molar-refractivity contribution in [2.24, 2.45) is 0 Å². The number of carboxylic acid groups (broad SMARTS) is 1. The number of rotatable bonds is 4. The second-order valence-electron chi connectivity index (χ2n) is 4.27. The van der Waals surface area contributed by atoms with Gasteiger partial charge in [-0.25, -0.2) is 4.79 Å². The van der Waals surface area contributed by atoms with E-state index in [1.807, 2.05) is 0 Å². The van der Waals surface area contributed by atoms with Crippen LogP contribution in [-0.2, 0) is 10.1 Å². The standard InChI is InChI=1S/C11H9F3N2O6S/c1-5-9(22-23(19,20)11(12,13)14)15-7-3-6(10(17)18)4-8(21-2)16(5)7/h3-4H,1-2H3,(H,17,18). The van der Waals surface area contributed by atoms with Crippen LogP contribution in [0.5, 0.6) is 11.8 Å². The fourth-order valence-corrected chi connectivity index (χ4v) is 2.22. The summed E-state index contributed by atoms with van der Waals surface area (Å²) in [5, 5.41) is 8.96. The van der Waals surface area contributed by atoms with E-state index < -0.39 is 27.5 Å². The highest BCUT2D eigenvalue weighted by molar-refractivity contribution is 7.87. The van der Waals surface area contributed by atoms with Crippen molar-refractivity contribution in [2.75, 3.05) is 7.11 Å². The van der Waals surface area contributed by atoms with Crippen LogP contribution in [0.25, 0.3) is 5.65 Å². The summed E-state index contributed by atoms with van der Waals surface area (Å²) in [6, 6.07) is 2.14. The summed E-state index contributed by atoms with van der Waals surface area (Å²) in [6.45, 7) is 1.24. The van der Waals surface area contributed by atoms with Crippen LogP contribution in [0.4, 0.5) is 13.2 Å². The highest BCUT2D eigenvalue weighted by atomic mass is 32.2. The zero-order chi connectivity index (χ0) is 17.6. The Morgan fingerprint density at radius 2 is 1.96 bits per heavy atom. The summed E-state index contributed by atoms with van der Waals surface area (Å²) in [7, 11) is -4.70. The third kappa shape index (κ3) is 2.88. The lowest BCUT2D eigenvalue weighted by atomic mass is 10.2. The Morgan fingerprint density at radius 3 is 2.43 bits per heavy atom. The number of fused-ring (bicyclic) bond motifs is 1. The van der Waals surface area contributed by atoms with Crippen molar-refractivity contribution in [3.05, 3.63) is 23.4 Å². The number of aromatic nitrogens is 2. The number of carbonyl (C=O) groups is 1. The van der Waals surface area contributed by atoms with Crippen molar-refractivity contribution in [3.8, 4) is 11.8 Å². The van der Waals surface area contributed by atoms with Gasteiger partial charge in [-0.05, 0) is 13.0 Å². The fourth-order valence-electron chi connectivity index (χ4n) is 1.76. The number of hydrogen-bond donors (Lipinski definition) is 1. The molecule has 23 heavy (non-hydrogen) atoms. The van der Waals surface area contributed by atoms with Crippen LogP contribution in [0.2, 0.25) is 0 Å². The lowest BCUT2D eigenvalue weighted by Crippen LogP contribution is -2.28. The molecule has 12 heteroatoms. The lowest BCUT2D eigenvalue weighted by Gasteiger charge is -2.08. The molecule has 0 saturated heterocycles. The monoisotopic (exact) mass is 354 g/mol. The van der Waals surface area contributed by atoms with E-state index in [1.165, 1.54) is 14.0 Å². The number of ether oxygens (including phenoxy) is 1. The van der Waals surface area contributed by atoms with E-state index in [0.717, 1.165) is 16.5 Å². The minimum absolute atomic E-state index is 0.0656. The number of carboxylic acids is 1. The quantitative estimate of drug-likeness (QED) is 0.656. The van der Waals surface area contributed by atoms with Crippen LogP contribution < -0.4 is 8.92 Å². The minimum atomic E-state index is -5.90. The van der Waals surface area contributed by atoms with Crippen LogP contribution >= 0.6 is 0 Å². The molecule has 0 saturated carbocycles. The molecule has 2 aromatic heterocycles. The van der Waals surface area contributed by atoms with Crippen molar-refractivity contribution >= 4 is 21.7 Å². The maximum atomic E-state index is 12.4. The van der Waals surface area contributed by atoms with Gasteiger partial charge in [0.2, 0.25) is 0 Å². The molecule has 0 spiro atoms. The Hall–Kier alpha value is -2.50. The Labute approximate surface area is 127 Å². The van der Waals surface area contributed by atoms with Gasteiger partial charge in [-0.3, -0.25) is 4.40 Å². The molecule has 2 heterocycles. The maximum absolute atomic E-state index is 12.4. The predicted molar refractivity (Wildman–Crippen MR) is 69.0 cm³/mol. The summed E-state index contributed by atoms with van der Waals surface area (Å²) < 4.78 is 69.3. The third-order valence-corrected chi connectivity index (χ3v) is 3.75. The first-order valence-corrected chi connectivity index (χ1v) is 7.20. The molecule has 0 unspecified atom stereocenters. The zero-order valence-corrected chi connectivity index (χ0v) is 12.4. The first-order valence-electron chi connectivity index (χ1n) is 5.79. The van der Waals surface area contributed by atoms with Gasteiger partial charge in [-0.1, -0.05) is 0 Å². The molecule has 0 amide bonds. The number of pyridine rings is 1. The van der Waals surface area contributed by atoms with Gasteiger partial charge in [0, 0.05) is 6.07 Å². The van der Waals surface area contributed by atoms with Crippen molar-refractivity contribution < 1.29 is 40.4 Å². The van der Waals surface area contributed by atoms with E-state index >= 15 is 0 Å². The molecule has 0 fully saturated rings. The molecule has 0 aliphatic rings. The van der Waals surface area contributed by atoms with Crippen molar-refractivity contribution in [2.45, 2.75) is 12.4 Å². The smallest absolute Gasteiger partial charge is 0.482 e. The first-order chi connectivity index (χ1) is 10.5. The van der Waals surface area contributed by atoms with Gasteiger partial charge in [0.15, 0.2) is 5.88 Å². The first kappa shape index (κ1) is 16.9. The SMILES string of the molecule is COc1cc(C(=O)O)cc2nc(OS(=O)(=O)C(F)(F)F)c(C)n12. The van der Waals surface area contributed by atoms with E-state index in [-0.39, 0.29) is 22.8 Å². The number of aromatic carboxylic acids is 1. The van der Waals surface area contributed by atoms with E-state index in [2.05, 4.69) is 9.17 Å². The molecule has 8 nitrogen and oxygen atoms in total. The molecule has 0 aliphatic heterocycles. The lowest BCUT2D eigenvalue weighted by molar-refractivity contribution is -0.0501. The summed E-state index contributed by atoms with van der Waals surface area (Å²) in [5.74, 6) is -2.22. The maximum Gasteiger partial charge on any atom is 0.534 e. The van der Waals surface area contributed by atoms with E-state index in [1.54, 1.807) is 0 Å². The number of nitrogens with zero attached hydrogens (tertiary/aromatic N) is 2. The summed E-state index contributed by atoms with van der Waals surface area (Å²) >= 11 is 0. The molecule has 0 aromatic carbocycles. The molecule has 2 aromatic rings. The summed E-state index contributed by atoms with van der Waals surface area (Å²) in [5.41, 5.74) is -6.12. The Kier molecular flexibility index (Phi) is 3.88. The Balaban J connectivity index is 2.65. The number of halogens is 3. The van der Waals surface area contributed by atoms with Crippen LogP contribution in [0.15, 0.2) is 12.1 Å². The van der Waals surface area contributed by atoms with Crippen molar-refractivity contribution in [1.29, 1.82) is 0 Å². The Morgan fingerprint density at radius 1 is 1.35 bits per heavy atom. The van der Waals surface area contributed by atoms with E-state index in [4.69, 9.17) is 9.84 Å². The van der Waals surface area contributed by atoms with Crippen LogP contribution in [0.1, 0.15) is 16.1 Å². The average Bonchev–Trinajstić information content (AvgIpc) is 2.72. The molecule has 1 N–H and O–H groups in total. The normalized spacial score (nSPS) is 12.4. The number of aryl methyl sites for hydroxylation is 1. The second-order valence-corrected chi connectivity index (χ2v) is 5.81. The number of methoxy groups -OCH3 is 1. The topological polar surface area (TPSA) is 107 Å². The molecular formula is C11H9F3N2O6S. The van der Waals surface area contributed by atoms with Gasteiger partial charge in [0.05, 0.1) is 18.4 Å². The average molecular weight is 354 g/mol. The van der Waals surface area contributed by atoms with Gasteiger partial charge < -0.3 is 14.0 Å². The molecule has 0 bridgehead atoms. The largest absolute Gasteiger partial charge is 0.534 e.